The summed E-state index contributed by atoms with van der Waals surface area (Å²) in [5.41, 5.74) is 9.36. The highest BCUT2D eigenvalue weighted by Gasteiger charge is 2.00. The predicted molar refractivity (Wildman–Crippen MR) is 86.3 cm³/mol. The number of rotatable bonds is 3. The second-order valence-electron chi connectivity index (χ2n) is 4.87. The Balaban J connectivity index is 1.91. The van der Waals surface area contributed by atoms with Gasteiger partial charge in [0.05, 0.1) is 0 Å². The second-order valence-corrected chi connectivity index (χ2v) is 4.87. The fourth-order valence-corrected chi connectivity index (χ4v) is 2.44. The van der Waals surface area contributed by atoms with Gasteiger partial charge in [-0.05, 0) is 28.3 Å². The van der Waals surface area contributed by atoms with Crippen molar-refractivity contribution in [3.8, 4) is 0 Å². The minimum atomic E-state index is 0.832. The third-order valence-electron chi connectivity index (χ3n) is 3.53. The molecule has 0 bridgehead atoms. The summed E-state index contributed by atoms with van der Waals surface area (Å²) in [4.78, 5) is 0. The normalized spacial score (nSPS) is 11.7. The first-order valence-corrected chi connectivity index (χ1v) is 6.82. The van der Waals surface area contributed by atoms with E-state index >= 15 is 0 Å². The molecule has 3 aromatic rings. The van der Waals surface area contributed by atoms with E-state index in [1.807, 2.05) is 30.3 Å². The Hall–Kier alpha value is -2.54. The molecule has 0 radical (unpaired) electrons. The van der Waals surface area contributed by atoms with Crippen LogP contribution in [-0.4, -0.2) is 0 Å². The molecule has 0 unspecified atom stereocenters. The summed E-state index contributed by atoms with van der Waals surface area (Å²) < 4.78 is 0. The molecular weight excluding hydrogens is 242 g/mol. The van der Waals surface area contributed by atoms with Crippen molar-refractivity contribution in [2.45, 2.75) is 6.42 Å². The van der Waals surface area contributed by atoms with Gasteiger partial charge in [0.1, 0.15) is 0 Å². The van der Waals surface area contributed by atoms with E-state index in [0.29, 0.717) is 0 Å². The minimum absolute atomic E-state index is 0.832. The zero-order valence-corrected chi connectivity index (χ0v) is 11.3. The average Bonchev–Trinajstić information content (AvgIpc) is 2.53. The van der Waals surface area contributed by atoms with E-state index in [2.05, 4.69) is 48.5 Å². The molecule has 0 aliphatic rings. The highest BCUT2D eigenvalue weighted by Crippen LogP contribution is 2.20. The van der Waals surface area contributed by atoms with E-state index in [-0.39, 0.29) is 0 Å². The van der Waals surface area contributed by atoms with E-state index in [1.165, 1.54) is 16.3 Å². The second kappa shape index (κ2) is 5.62. The van der Waals surface area contributed by atoms with Gasteiger partial charge in [-0.2, -0.15) is 0 Å². The molecule has 0 spiro atoms. The van der Waals surface area contributed by atoms with Crippen LogP contribution in [0.3, 0.4) is 0 Å². The molecule has 0 fully saturated rings. The molecule has 0 aliphatic carbocycles. The molecule has 0 heterocycles. The molecular formula is C19H17N. The summed E-state index contributed by atoms with van der Waals surface area (Å²) in [6.45, 7) is 0. The van der Waals surface area contributed by atoms with Crippen molar-refractivity contribution >= 4 is 16.5 Å². The fourth-order valence-electron chi connectivity index (χ4n) is 2.44. The van der Waals surface area contributed by atoms with Crippen molar-refractivity contribution in [2.75, 3.05) is 0 Å². The molecule has 20 heavy (non-hydrogen) atoms. The Bertz CT molecular complexity index is 737. The zero-order valence-electron chi connectivity index (χ0n) is 11.3. The maximum atomic E-state index is 6.15. The van der Waals surface area contributed by atoms with Gasteiger partial charge in [0.2, 0.25) is 0 Å². The summed E-state index contributed by atoms with van der Waals surface area (Å²) in [6, 6.07) is 25.0. The summed E-state index contributed by atoms with van der Waals surface area (Å²) in [5, 5.41) is 2.57. The van der Waals surface area contributed by atoms with Gasteiger partial charge in [0, 0.05) is 5.70 Å². The zero-order chi connectivity index (χ0) is 13.8. The standard InChI is InChI=1S/C19H17N/c20-19(17-8-2-1-3-9-17)14-13-16-11-6-10-15-7-4-5-12-18(15)16/h1-12,14H,13,20H2/b19-14-. The summed E-state index contributed by atoms with van der Waals surface area (Å²) >= 11 is 0. The van der Waals surface area contributed by atoms with Crippen molar-refractivity contribution in [1.82, 2.24) is 0 Å². The summed E-state index contributed by atoms with van der Waals surface area (Å²) in [7, 11) is 0. The molecule has 0 saturated carbocycles. The van der Waals surface area contributed by atoms with Gasteiger partial charge in [0.15, 0.2) is 0 Å². The average molecular weight is 259 g/mol. The first kappa shape index (κ1) is 12.5. The molecule has 1 heteroatoms. The Morgan fingerprint density at radius 2 is 1.50 bits per heavy atom. The molecule has 0 aromatic heterocycles. The number of hydrogen-bond donors (Lipinski definition) is 1. The van der Waals surface area contributed by atoms with Crippen molar-refractivity contribution < 1.29 is 0 Å². The van der Waals surface area contributed by atoms with Crippen LogP contribution in [0, 0.1) is 0 Å². The molecule has 0 atom stereocenters. The quantitative estimate of drug-likeness (QED) is 0.742. The Labute approximate surface area is 119 Å². The Morgan fingerprint density at radius 3 is 2.35 bits per heavy atom. The molecule has 2 N–H and O–H groups in total. The topological polar surface area (TPSA) is 26.0 Å². The van der Waals surface area contributed by atoms with Gasteiger partial charge in [-0.15, -0.1) is 0 Å². The fraction of sp³-hybridized carbons (Fsp3) is 0.0526. The highest BCUT2D eigenvalue weighted by atomic mass is 14.6. The van der Waals surface area contributed by atoms with E-state index in [0.717, 1.165) is 17.7 Å². The third kappa shape index (κ3) is 2.57. The molecule has 3 rings (SSSR count). The molecule has 98 valence electrons. The number of fused-ring (bicyclic) bond motifs is 1. The van der Waals surface area contributed by atoms with Crippen LogP contribution in [0.25, 0.3) is 16.5 Å². The van der Waals surface area contributed by atoms with Gasteiger partial charge >= 0.3 is 0 Å². The van der Waals surface area contributed by atoms with E-state index in [9.17, 15) is 0 Å². The summed E-state index contributed by atoms with van der Waals surface area (Å²) in [5.74, 6) is 0. The Kier molecular flexibility index (Phi) is 3.51. The van der Waals surface area contributed by atoms with Crippen molar-refractivity contribution in [3.05, 3.63) is 90.0 Å². The lowest BCUT2D eigenvalue weighted by molar-refractivity contribution is 1.29. The number of hydrogen-bond acceptors (Lipinski definition) is 1. The van der Waals surface area contributed by atoms with E-state index < -0.39 is 0 Å². The van der Waals surface area contributed by atoms with Crippen LogP contribution in [0.5, 0.6) is 0 Å². The van der Waals surface area contributed by atoms with Gasteiger partial charge in [-0.3, -0.25) is 0 Å². The maximum Gasteiger partial charge on any atom is 0.0350 e. The van der Waals surface area contributed by atoms with Crippen LogP contribution in [0.1, 0.15) is 11.1 Å². The molecule has 1 nitrogen and oxygen atoms in total. The van der Waals surface area contributed by atoms with E-state index in [4.69, 9.17) is 5.73 Å². The first-order valence-electron chi connectivity index (χ1n) is 6.82. The van der Waals surface area contributed by atoms with Crippen molar-refractivity contribution in [3.63, 3.8) is 0 Å². The molecule has 0 amide bonds. The lowest BCUT2D eigenvalue weighted by Gasteiger charge is -2.05. The lowest BCUT2D eigenvalue weighted by Crippen LogP contribution is -1.97. The van der Waals surface area contributed by atoms with E-state index in [1.54, 1.807) is 0 Å². The van der Waals surface area contributed by atoms with Crippen LogP contribution >= 0.6 is 0 Å². The SMILES string of the molecule is N/C(=C\Cc1cccc2ccccc12)c1ccccc1. The summed E-state index contributed by atoms with van der Waals surface area (Å²) in [6.07, 6.45) is 2.94. The van der Waals surface area contributed by atoms with Gasteiger partial charge < -0.3 is 5.73 Å². The Morgan fingerprint density at radius 1 is 0.800 bits per heavy atom. The van der Waals surface area contributed by atoms with Crippen LogP contribution in [0.15, 0.2) is 78.9 Å². The monoisotopic (exact) mass is 259 g/mol. The number of nitrogens with two attached hydrogens (primary N) is 1. The maximum absolute atomic E-state index is 6.15. The first-order chi connectivity index (χ1) is 9.84. The van der Waals surface area contributed by atoms with Crippen LogP contribution < -0.4 is 5.73 Å². The number of allylic oxidation sites excluding steroid dienone is 1. The number of benzene rings is 3. The van der Waals surface area contributed by atoms with Crippen LogP contribution in [-0.2, 0) is 6.42 Å². The van der Waals surface area contributed by atoms with Crippen LogP contribution in [0.2, 0.25) is 0 Å². The molecule has 3 aromatic carbocycles. The molecule has 0 aliphatic heterocycles. The molecule has 0 saturated heterocycles. The van der Waals surface area contributed by atoms with Gasteiger partial charge in [-0.25, -0.2) is 0 Å². The van der Waals surface area contributed by atoms with Gasteiger partial charge in [-0.1, -0.05) is 78.9 Å². The van der Waals surface area contributed by atoms with Crippen LogP contribution in [0.4, 0.5) is 0 Å². The minimum Gasteiger partial charge on any atom is -0.398 e. The largest absolute Gasteiger partial charge is 0.398 e. The van der Waals surface area contributed by atoms with Crippen molar-refractivity contribution in [2.24, 2.45) is 5.73 Å². The lowest BCUT2D eigenvalue weighted by atomic mass is 10.0. The predicted octanol–water partition coefficient (Wildman–Crippen LogP) is 4.38. The van der Waals surface area contributed by atoms with Crippen molar-refractivity contribution in [1.29, 1.82) is 0 Å². The third-order valence-corrected chi connectivity index (χ3v) is 3.53. The smallest absolute Gasteiger partial charge is 0.0350 e. The highest BCUT2D eigenvalue weighted by molar-refractivity contribution is 5.86. The van der Waals surface area contributed by atoms with Gasteiger partial charge in [0.25, 0.3) is 0 Å².